The van der Waals surface area contributed by atoms with Gasteiger partial charge in [-0.25, -0.2) is 0 Å². The summed E-state index contributed by atoms with van der Waals surface area (Å²) in [6.07, 6.45) is 14.6. The Labute approximate surface area is 314 Å². The van der Waals surface area contributed by atoms with Crippen molar-refractivity contribution < 1.29 is 4.79 Å². The summed E-state index contributed by atoms with van der Waals surface area (Å²) in [5, 5.41) is 10.4. The highest BCUT2D eigenvalue weighted by molar-refractivity contribution is 6.20. The summed E-state index contributed by atoms with van der Waals surface area (Å²) < 4.78 is 0. The van der Waals surface area contributed by atoms with Gasteiger partial charge in [-0.3, -0.25) is 9.69 Å². The maximum Gasteiger partial charge on any atom is 0.195 e. The first-order valence-corrected chi connectivity index (χ1v) is 20.8. The molecule has 280 valence electrons. The molecule has 2 aliphatic heterocycles. The zero-order valence-electron chi connectivity index (χ0n) is 33.5. The van der Waals surface area contributed by atoms with Crippen molar-refractivity contribution >= 4 is 22.4 Å². The van der Waals surface area contributed by atoms with Crippen molar-refractivity contribution in [3.05, 3.63) is 63.8 Å². The van der Waals surface area contributed by atoms with Crippen LogP contribution in [0.15, 0.2) is 30.3 Å². The van der Waals surface area contributed by atoms with Crippen LogP contribution < -0.4 is 4.90 Å². The molecule has 0 radical (unpaired) electrons. The molecule has 7 rings (SSSR count). The summed E-state index contributed by atoms with van der Waals surface area (Å²) in [5.74, 6) is 1.09. The molecule has 1 saturated carbocycles. The Bertz CT molecular complexity index is 1800. The third-order valence-electron chi connectivity index (χ3n) is 13.7. The van der Waals surface area contributed by atoms with Crippen LogP contribution in [0.4, 0.5) is 5.69 Å². The van der Waals surface area contributed by atoms with E-state index in [1.165, 1.54) is 108 Å². The number of carbonyl (C=O) groups excluding carboxylic acids is 1. The number of carbonyl (C=O) groups is 1. The van der Waals surface area contributed by atoms with Gasteiger partial charge in [-0.2, -0.15) is 5.26 Å². The predicted molar refractivity (Wildman–Crippen MR) is 216 cm³/mol. The Hall–Kier alpha value is -3.14. The van der Waals surface area contributed by atoms with E-state index in [0.717, 1.165) is 58.7 Å². The molecule has 2 saturated heterocycles. The Morgan fingerprint density at radius 1 is 0.904 bits per heavy atom. The molecule has 0 spiro atoms. The third kappa shape index (κ3) is 7.47. The normalized spacial score (nSPS) is 20.7. The van der Waals surface area contributed by atoms with Crippen molar-refractivity contribution in [2.45, 2.75) is 131 Å². The number of rotatable bonds is 11. The van der Waals surface area contributed by atoms with Crippen molar-refractivity contribution in [3.63, 3.8) is 0 Å². The van der Waals surface area contributed by atoms with E-state index in [0.29, 0.717) is 22.4 Å². The molecule has 2 aromatic carbocycles. The van der Waals surface area contributed by atoms with Crippen LogP contribution in [0.25, 0.3) is 10.9 Å². The summed E-state index contributed by atoms with van der Waals surface area (Å²) in [7, 11) is 0. The highest BCUT2D eigenvalue weighted by atomic mass is 16.1. The van der Waals surface area contributed by atoms with Gasteiger partial charge in [0.25, 0.3) is 0 Å². The molecule has 0 amide bonds. The molecule has 1 aromatic heterocycles. The number of nitriles is 1. The Kier molecular flexibility index (Phi) is 10.4. The number of benzene rings is 2. The molecule has 3 aromatic rings. The van der Waals surface area contributed by atoms with Crippen LogP contribution in [-0.4, -0.2) is 72.4 Å². The Balaban J connectivity index is 0.941. The fourth-order valence-electron chi connectivity index (χ4n) is 10.7. The molecule has 0 unspecified atom stereocenters. The Morgan fingerprint density at radius 3 is 2.27 bits per heavy atom. The van der Waals surface area contributed by atoms with Gasteiger partial charge in [-0.15, -0.1) is 0 Å². The van der Waals surface area contributed by atoms with E-state index in [4.69, 9.17) is 0 Å². The molecule has 4 aliphatic rings. The van der Waals surface area contributed by atoms with E-state index in [1.807, 2.05) is 18.2 Å². The molecule has 3 fully saturated rings. The van der Waals surface area contributed by atoms with Crippen molar-refractivity contribution in [2.24, 2.45) is 16.7 Å². The van der Waals surface area contributed by atoms with Crippen LogP contribution in [-0.2, 0) is 11.8 Å². The van der Waals surface area contributed by atoms with Crippen LogP contribution in [0.3, 0.4) is 0 Å². The molecular weight excluding hydrogens is 639 g/mol. The summed E-state index contributed by atoms with van der Waals surface area (Å²) >= 11 is 0. The summed E-state index contributed by atoms with van der Waals surface area (Å²) in [6.45, 7) is 24.8. The van der Waals surface area contributed by atoms with Crippen LogP contribution >= 0.6 is 0 Å². The van der Waals surface area contributed by atoms with Gasteiger partial charge in [0, 0.05) is 85.1 Å². The topological polar surface area (TPSA) is 66.4 Å². The van der Waals surface area contributed by atoms with E-state index in [9.17, 15) is 10.1 Å². The number of hydrogen-bond acceptors (Lipinski definition) is 5. The number of piperazine rings is 1. The fraction of sp³-hybridized carbons (Fsp3) is 0.652. The summed E-state index contributed by atoms with van der Waals surface area (Å²) in [6, 6.07) is 13.1. The van der Waals surface area contributed by atoms with Gasteiger partial charge in [0.1, 0.15) is 0 Å². The SMILES string of the molecule is CCc1cc2c(cc1N1CCC(N3CCN(CC(C)(C)CCCC(C)(C)CC4CCCC4)CC3)CC1)C(C)(C)c1[nH]c3cc(C#N)ccc3c1C2=O. The number of aromatic nitrogens is 1. The number of aryl methyl sites for hydroxylation is 1. The lowest BCUT2D eigenvalue weighted by Gasteiger charge is -2.45. The van der Waals surface area contributed by atoms with Crippen LogP contribution in [0.5, 0.6) is 0 Å². The zero-order chi connectivity index (χ0) is 36.8. The summed E-state index contributed by atoms with van der Waals surface area (Å²) in [4.78, 5) is 25.8. The third-order valence-corrected chi connectivity index (χ3v) is 13.7. The molecule has 6 nitrogen and oxygen atoms in total. The number of nitrogens with zero attached hydrogens (tertiary/aromatic N) is 4. The molecule has 0 bridgehead atoms. The maximum absolute atomic E-state index is 14.1. The van der Waals surface area contributed by atoms with Gasteiger partial charge in [0.15, 0.2) is 5.78 Å². The van der Waals surface area contributed by atoms with E-state index in [2.05, 4.69) is 86.4 Å². The van der Waals surface area contributed by atoms with E-state index in [1.54, 1.807) is 0 Å². The predicted octanol–water partition coefficient (Wildman–Crippen LogP) is 9.86. The van der Waals surface area contributed by atoms with Crippen molar-refractivity contribution in [1.82, 2.24) is 14.8 Å². The average Bonchev–Trinajstić information content (AvgIpc) is 3.78. The number of fused-ring (bicyclic) bond motifs is 4. The maximum atomic E-state index is 14.1. The van der Waals surface area contributed by atoms with Gasteiger partial charge in [0.2, 0.25) is 0 Å². The van der Waals surface area contributed by atoms with Crippen molar-refractivity contribution in [3.8, 4) is 6.07 Å². The second kappa shape index (κ2) is 14.6. The van der Waals surface area contributed by atoms with Gasteiger partial charge in [-0.1, -0.05) is 86.6 Å². The highest BCUT2D eigenvalue weighted by Crippen LogP contribution is 2.46. The minimum absolute atomic E-state index is 0.0984. The average molecular weight is 704 g/mol. The summed E-state index contributed by atoms with van der Waals surface area (Å²) in [5.41, 5.74) is 8.23. The smallest absolute Gasteiger partial charge is 0.195 e. The largest absolute Gasteiger partial charge is 0.371 e. The van der Waals surface area contributed by atoms with E-state index in [-0.39, 0.29) is 11.2 Å². The number of nitrogens with one attached hydrogen (secondary N) is 1. The van der Waals surface area contributed by atoms with Gasteiger partial charge in [0.05, 0.1) is 17.2 Å². The van der Waals surface area contributed by atoms with E-state index < -0.39 is 0 Å². The first kappa shape index (κ1) is 37.2. The van der Waals surface area contributed by atoms with E-state index >= 15 is 0 Å². The Morgan fingerprint density at radius 2 is 1.60 bits per heavy atom. The second-order valence-corrected chi connectivity index (χ2v) is 19.1. The molecule has 52 heavy (non-hydrogen) atoms. The molecule has 0 atom stereocenters. The van der Waals surface area contributed by atoms with Crippen LogP contribution in [0.2, 0.25) is 0 Å². The van der Waals surface area contributed by atoms with Gasteiger partial charge in [-0.05, 0) is 90.7 Å². The number of piperidine rings is 1. The van der Waals surface area contributed by atoms with Crippen molar-refractivity contribution in [2.75, 3.05) is 50.7 Å². The molecule has 3 heterocycles. The number of ketones is 1. The minimum Gasteiger partial charge on any atom is -0.371 e. The van der Waals surface area contributed by atoms with Gasteiger partial charge < -0.3 is 14.8 Å². The first-order valence-electron chi connectivity index (χ1n) is 20.8. The molecule has 1 N–H and O–H groups in total. The van der Waals surface area contributed by atoms with Crippen molar-refractivity contribution in [1.29, 1.82) is 5.26 Å². The lowest BCUT2D eigenvalue weighted by molar-refractivity contribution is 0.0604. The minimum atomic E-state index is -0.358. The molecule has 2 aliphatic carbocycles. The quantitative estimate of drug-likeness (QED) is 0.215. The highest BCUT2D eigenvalue weighted by Gasteiger charge is 2.41. The van der Waals surface area contributed by atoms with Crippen LogP contribution in [0.1, 0.15) is 151 Å². The number of hydrogen-bond donors (Lipinski definition) is 1. The number of anilines is 1. The second-order valence-electron chi connectivity index (χ2n) is 19.1. The number of aromatic amines is 1. The standard InChI is InChI=1S/C46H65N5O/c1-8-34-27-37-38(46(6,7)43-41(42(37)52)36-15-14-33(30-47)26-39(36)48-43)28-40(34)51-20-16-35(17-21-51)50-24-22-49(23-25-50)31-45(4,5)19-11-18-44(2,3)29-32-12-9-10-13-32/h14-15,26-28,32,35,48H,8-13,16-25,29,31H2,1-7H3. The fourth-order valence-corrected chi connectivity index (χ4v) is 10.7. The molecule has 6 heteroatoms. The monoisotopic (exact) mass is 704 g/mol. The zero-order valence-corrected chi connectivity index (χ0v) is 33.5. The van der Waals surface area contributed by atoms with Gasteiger partial charge >= 0.3 is 0 Å². The lowest BCUT2D eigenvalue weighted by atomic mass is 9.70. The molecular formula is C46H65N5O. The number of H-pyrrole nitrogens is 1. The van der Waals surface area contributed by atoms with Crippen LogP contribution in [0, 0.1) is 28.1 Å². The lowest BCUT2D eigenvalue weighted by Crippen LogP contribution is -2.54. The first-order chi connectivity index (χ1) is 24.8.